The molecule has 2 aromatic carbocycles. The van der Waals surface area contributed by atoms with Crippen LogP contribution in [0.25, 0.3) is 5.57 Å². The van der Waals surface area contributed by atoms with Crippen molar-refractivity contribution in [2.45, 2.75) is 12.3 Å². The molecule has 0 radical (unpaired) electrons. The van der Waals surface area contributed by atoms with E-state index < -0.39 is 0 Å². The van der Waals surface area contributed by atoms with Crippen molar-refractivity contribution in [3.05, 3.63) is 83.4 Å². The Bertz CT molecular complexity index is 770. The first-order valence-corrected chi connectivity index (χ1v) is 7.91. The molecule has 3 rings (SSSR count). The second-order valence-electron chi connectivity index (χ2n) is 5.70. The van der Waals surface area contributed by atoms with E-state index in [-0.39, 0.29) is 11.9 Å². The second-order valence-corrected chi connectivity index (χ2v) is 5.70. The molecule has 24 heavy (non-hydrogen) atoms. The van der Waals surface area contributed by atoms with Crippen LogP contribution in [0.3, 0.4) is 0 Å². The lowest BCUT2D eigenvalue weighted by molar-refractivity contribution is -0.136. The van der Waals surface area contributed by atoms with Crippen LogP contribution < -0.4 is 4.74 Å². The van der Waals surface area contributed by atoms with Crippen molar-refractivity contribution in [3.63, 3.8) is 0 Å². The van der Waals surface area contributed by atoms with Gasteiger partial charge in [-0.2, -0.15) is 0 Å². The summed E-state index contributed by atoms with van der Waals surface area (Å²) in [6.45, 7) is 0. The predicted octanol–water partition coefficient (Wildman–Crippen LogP) is 4.37. The number of hydrogen-bond acceptors (Lipinski definition) is 3. The average Bonchev–Trinajstić information content (AvgIpc) is 2.67. The molecule has 0 aromatic heterocycles. The van der Waals surface area contributed by atoms with Gasteiger partial charge < -0.3 is 9.47 Å². The highest BCUT2D eigenvalue weighted by Gasteiger charge is 2.27. The maximum absolute atomic E-state index is 12.2. The minimum atomic E-state index is -0.279. The monoisotopic (exact) mass is 320 g/mol. The number of carbonyl (C=O) groups is 1. The number of esters is 1. The Balaban J connectivity index is 1.98. The number of methoxy groups -OCH3 is 2. The fourth-order valence-electron chi connectivity index (χ4n) is 3.03. The van der Waals surface area contributed by atoms with Crippen LogP contribution in [0.1, 0.15) is 23.5 Å². The van der Waals surface area contributed by atoms with E-state index in [4.69, 9.17) is 9.47 Å². The Labute approximate surface area is 142 Å². The van der Waals surface area contributed by atoms with Crippen molar-refractivity contribution >= 4 is 11.5 Å². The van der Waals surface area contributed by atoms with Gasteiger partial charge >= 0.3 is 5.97 Å². The smallest absolute Gasteiger partial charge is 0.334 e. The summed E-state index contributed by atoms with van der Waals surface area (Å²) in [4.78, 5) is 12.2. The molecule has 0 saturated carbocycles. The molecule has 0 spiro atoms. The van der Waals surface area contributed by atoms with Gasteiger partial charge in [0.1, 0.15) is 5.75 Å². The van der Waals surface area contributed by atoms with E-state index in [0.717, 1.165) is 17.7 Å². The van der Waals surface area contributed by atoms with Gasteiger partial charge in [-0.15, -0.1) is 0 Å². The molecule has 1 aliphatic rings. The summed E-state index contributed by atoms with van der Waals surface area (Å²) >= 11 is 0. The van der Waals surface area contributed by atoms with Gasteiger partial charge in [-0.1, -0.05) is 54.6 Å². The molecule has 1 aliphatic carbocycles. The minimum Gasteiger partial charge on any atom is -0.497 e. The van der Waals surface area contributed by atoms with Gasteiger partial charge in [0.05, 0.1) is 14.2 Å². The molecule has 0 bridgehead atoms. The quantitative estimate of drug-likeness (QED) is 0.785. The van der Waals surface area contributed by atoms with Gasteiger partial charge in [-0.05, 0) is 35.3 Å². The lowest BCUT2D eigenvalue weighted by Crippen LogP contribution is -2.16. The van der Waals surface area contributed by atoms with Crippen molar-refractivity contribution < 1.29 is 14.3 Å². The van der Waals surface area contributed by atoms with E-state index in [1.807, 2.05) is 54.6 Å². The third-order valence-electron chi connectivity index (χ3n) is 4.35. The third-order valence-corrected chi connectivity index (χ3v) is 4.35. The van der Waals surface area contributed by atoms with Crippen LogP contribution in [-0.2, 0) is 9.53 Å². The van der Waals surface area contributed by atoms with Crippen LogP contribution in [0.15, 0.2) is 72.3 Å². The first-order chi connectivity index (χ1) is 11.7. The molecule has 2 aromatic rings. The van der Waals surface area contributed by atoms with Crippen LogP contribution in [0.2, 0.25) is 0 Å². The zero-order chi connectivity index (χ0) is 16.9. The first-order valence-electron chi connectivity index (χ1n) is 7.91. The van der Waals surface area contributed by atoms with E-state index in [9.17, 15) is 4.79 Å². The molecule has 0 amide bonds. The van der Waals surface area contributed by atoms with E-state index in [2.05, 4.69) is 12.1 Å². The normalized spacial score (nSPS) is 16.8. The zero-order valence-electron chi connectivity index (χ0n) is 13.9. The van der Waals surface area contributed by atoms with Crippen LogP contribution in [0.5, 0.6) is 5.75 Å². The summed E-state index contributed by atoms with van der Waals surface area (Å²) in [6, 6.07) is 18.1. The summed E-state index contributed by atoms with van der Waals surface area (Å²) in [5.74, 6) is 0.500. The van der Waals surface area contributed by atoms with Crippen LogP contribution >= 0.6 is 0 Å². The molecule has 3 heteroatoms. The lowest BCUT2D eigenvalue weighted by atomic mass is 9.80. The van der Waals surface area contributed by atoms with Crippen molar-refractivity contribution in [1.29, 1.82) is 0 Å². The average molecular weight is 320 g/mol. The maximum Gasteiger partial charge on any atom is 0.334 e. The summed E-state index contributed by atoms with van der Waals surface area (Å²) < 4.78 is 10.2. The molecular weight excluding hydrogens is 300 g/mol. The fraction of sp³-hybridized carbons (Fsp3) is 0.190. The molecule has 3 nitrogen and oxygen atoms in total. The SMILES string of the molecule is COC(=O)C1=CC=C(c2ccccc2)CC1c1ccc(OC)cc1. The third kappa shape index (κ3) is 3.25. The van der Waals surface area contributed by atoms with Gasteiger partial charge in [0.25, 0.3) is 0 Å². The van der Waals surface area contributed by atoms with Gasteiger partial charge in [0.2, 0.25) is 0 Å². The van der Waals surface area contributed by atoms with Crippen molar-refractivity contribution in [3.8, 4) is 5.75 Å². The highest BCUT2D eigenvalue weighted by Crippen LogP contribution is 2.39. The highest BCUT2D eigenvalue weighted by molar-refractivity contribution is 5.92. The molecule has 0 heterocycles. The van der Waals surface area contributed by atoms with Crippen molar-refractivity contribution in [2.24, 2.45) is 0 Å². The standard InChI is InChI=1S/C21H20O3/c1-23-18-11-8-16(9-12-18)20-14-17(15-6-4-3-5-7-15)10-13-19(20)21(22)24-2/h3-13,20H,14H2,1-2H3. The Morgan fingerprint density at radius 3 is 2.29 bits per heavy atom. The molecule has 1 atom stereocenters. The predicted molar refractivity (Wildman–Crippen MR) is 94.9 cm³/mol. The molecule has 122 valence electrons. The fourth-order valence-corrected chi connectivity index (χ4v) is 3.03. The second kappa shape index (κ2) is 7.18. The van der Waals surface area contributed by atoms with Crippen LogP contribution in [-0.4, -0.2) is 20.2 Å². The molecule has 1 unspecified atom stereocenters. The largest absolute Gasteiger partial charge is 0.497 e. The van der Waals surface area contributed by atoms with Crippen molar-refractivity contribution in [2.75, 3.05) is 14.2 Å². The van der Waals surface area contributed by atoms with Gasteiger partial charge in [-0.25, -0.2) is 4.79 Å². The lowest BCUT2D eigenvalue weighted by Gasteiger charge is -2.24. The molecule has 0 N–H and O–H groups in total. The molecular formula is C21H20O3. The topological polar surface area (TPSA) is 35.5 Å². The number of ether oxygens (including phenoxy) is 2. The van der Waals surface area contributed by atoms with E-state index in [1.54, 1.807) is 7.11 Å². The van der Waals surface area contributed by atoms with E-state index in [0.29, 0.717) is 5.57 Å². The summed E-state index contributed by atoms with van der Waals surface area (Å²) in [6.07, 6.45) is 4.66. The minimum absolute atomic E-state index is 0.0245. The summed E-state index contributed by atoms with van der Waals surface area (Å²) in [7, 11) is 3.07. The number of hydrogen-bond donors (Lipinski definition) is 0. The number of rotatable bonds is 4. The van der Waals surface area contributed by atoms with Crippen LogP contribution in [0, 0.1) is 0 Å². The maximum atomic E-state index is 12.2. The Kier molecular flexibility index (Phi) is 4.80. The van der Waals surface area contributed by atoms with Crippen LogP contribution in [0.4, 0.5) is 0 Å². The highest BCUT2D eigenvalue weighted by atomic mass is 16.5. The molecule has 0 fully saturated rings. The van der Waals surface area contributed by atoms with E-state index in [1.165, 1.54) is 18.2 Å². The molecule has 0 aliphatic heterocycles. The zero-order valence-corrected chi connectivity index (χ0v) is 13.9. The van der Waals surface area contributed by atoms with Gasteiger partial charge in [0.15, 0.2) is 0 Å². The number of allylic oxidation sites excluding steroid dienone is 3. The van der Waals surface area contributed by atoms with Crippen molar-refractivity contribution in [1.82, 2.24) is 0 Å². The Hall–Kier alpha value is -2.81. The van der Waals surface area contributed by atoms with Gasteiger partial charge in [0, 0.05) is 11.5 Å². The number of benzene rings is 2. The summed E-state index contributed by atoms with van der Waals surface area (Å²) in [5.41, 5.74) is 4.15. The first kappa shape index (κ1) is 16.1. The van der Waals surface area contributed by atoms with E-state index >= 15 is 0 Å². The Morgan fingerprint density at radius 2 is 1.67 bits per heavy atom. The Morgan fingerprint density at radius 1 is 0.958 bits per heavy atom. The molecule has 0 saturated heterocycles. The summed E-state index contributed by atoms with van der Waals surface area (Å²) in [5, 5.41) is 0. The van der Waals surface area contributed by atoms with Gasteiger partial charge in [-0.3, -0.25) is 0 Å². The number of carbonyl (C=O) groups excluding carboxylic acids is 1.